The number of nitrogens with zero attached hydrogens (tertiary/aromatic N) is 1. The third-order valence-corrected chi connectivity index (χ3v) is 3.40. The van der Waals surface area contributed by atoms with Gasteiger partial charge >= 0.3 is 5.51 Å². The highest BCUT2D eigenvalue weighted by molar-refractivity contribution is 9.09. The van der Waals surface area contributed by atoms with Crippen molar-refractivity contribution < 1.29 is 22.9 Å². The highest BCUT2D eigenvalue weighted by atomic mass is 79.9. The Labute approximate surface area is 118 Å². The van der Waals surface area contributed by atoms with E-state index < -0.39 is 32.8 Å². The lowest BCUT2D eigenvalue weighted by Gasteiger charge is -2.08. The first-order valence-electron chi connectivity index (χ1n) is 4.83. The van der Waals surface area contributed by atoms with Crippen molar-refractivity contribution in [2.45, 2.75) is 16.8 Å². The summed E-state index contributed by atoms with van der Waals surface area (Å²) in [6.07, 6.45) is -0.0747. The molecule has 0 N–H and O–H groups in total. The molecule has 0 aliphatic heterocycles. The Kier molecular flexibility index (Phi) is 5.36. The molecule has 0 saturated carbocycles. The number of thioether (sulfide) groups is 1. The first kappa shape index (κ1) is 16.0. The van der Waals surface area contributed by atoms with Crippen LogP contribution >= 0.6 is 27.7 Å². The zero-order valence-corrected chi connectivity index (χ0v) is 11.6. The van der Waals surface area contributed by atoms with Gasteiger partial charge in [-0.1, -0.05) is 22.0 Å². The predicted octanol–water partition coefficient (Wildman–Crippen LogP) is 3.71. The van der Waals surface area contributed by atoms with Crippen molar-refractivity contribution in [1.82, 2.24) is 0 Å². The number of ketones is 1. The third kappa shape index (κ3) is 5.19. The molecule has 0 fully saturated rings. The van der Waals surface area contributed by atoms with Gasteiger partial charge in [-0.15, -0.1) is 0 Å². The quantitative estimate of drug-likeness (QED) is 0.348. The van der Waals surface area contributed by atoms with Crippen LogP contribution in [0, 0.1) is 10.1 Å². The number of carbonyl (C=O) groups excluding carboxylic acids is 1. The van der Waals surface area contributed by atoms with Crippen LogP contribution in [0.15, 0.2) is 23.1 Å². The number of Topliss-reactive ketones (excluding diaryl/α,β-unsaturated/α-hetero) is 1. The van der Waals surface area contributed by atoms with Crippen LogP contribution in [-0.2, 0) is 11.2 Å². The van der Waals surface area contributed by atoms with Gasteiger partial charge < -0.3 is 0 Å². The van der Waals surface area contributed by atoms with Crippen LogP contribution < -0.4 is 0 Å². The minimum Gasteiger partial charge on any atom is -0.298 e. The number of nitro benzene ring substituents is 1. The highest BCUT2D eigenvalue weighted by Crippen LogP contribution is 2.41. The van der Waals surface area contributed by atoms with E-state index in [-0.39, 0.29) is 17.5 Å². The number of carbonyl (C=O) groups is 1. The Morgan fingerprint density at radius 1 is 1.42 bits per heavy atom. The summed E-state index contributed by atoms with van der Waals surface area (Å²) >= 11 is 2.37. The van der Waals surface area contributed by atoms with Crippen LogP contribution in [0.4, 0.5) is 18.9 Å². The van der Waals surface area contributed by atoms with Crippen LogP contribution in [0.2, 0.25) is 0 Å². The first-order chi connectivity index (χ1) is 8.73. The van der Waals surface area contributed by atoms with Crippen molar-refractivity contribution in [3.63, 3.8) is 0 Å². The summed E-state index contributed by atoms with van der Waals surface area (Å²) in [5.41, 5.74) is -4.94. The second-order valence-electron chi connectivity index (χ2n) is 3.46. The first-order valence-corrected chi connectivity index (χ1v) is 6.77. The molecule has 4 nitrogen and oxygen atoms in total. The van der Waals surface area contributed by atoms with Gasteiger partial charge in [0.2, 0.25) is 0 Å². The maximum atomic E-state index is 12.3. The van der Waals surface area contributed by atoms with E-state index in [1.54, 1.807) is 0 Å². The van der Waals surface area contributed by atoms with E-state index in [0.29, 0.717) is 5.56 Å². The summed E-state index contributed by atoms with van der Waals surface area (Å²) in [5, 5.41) is 10.7. The van der Waals surface area contributed by atoms with E-state index in [0.717, 1.165) is 12.1 Å². The summed E-state index contributed by atoms with van der Waals surface area (Å²) in [6, 6.07) is 3.28. The molecule has 0 aliphatic rings. The molecular weight excluding hydrogens is 351 g/mol. The van der Waals surface area contributed by atoms with E-state index in [9.17, 15) is 28.1 Å². The molecule has 1 aromatic carbocycles. The molecule has 0 amide bonds. The van der Waals surface area contributed by atoms with Gasteiger partial charge in [0, 0.05) is 12.5 Å². The van der Waals surface area contributed by atoms with E-state index >= 15 is 0 Å². The van der Waals surface area contributed by atoms with Gasteiger partial charge in [0.1, 0.15) is 5.78 Å². The lowest BCUT2D eigenvalue weighted by Crippen LogP contribution is -2.05. The zero-order valence-electron chi connectivity index (χ0n) is 9.24. The molecule has 0 aromatic heterocycles. The van der Waals surface area contributed by atoms with Crippen molar-refractivity contribution in [3.8, 4) is 0 Å². The lowest BCUT2D eigenvalue weighted by atomic mass is 10.1. The van der Waals surface area contributed by atoms with E-state index in [2.05, 4.69) is 15.9 Å². The fourth-order valence-electron chi connectivity index (χ4n) is 1.30. The number of nitro groups is 1. The van der Waals surface area contributed by atoms with Crippen molar-refractivity contribution in [2.75, 3.05) is 5.33 Å². The number of alkyl halides is 4. The Morgan fingerprint density at radius 2 is 2.05 bits per heavy atom. The van der Waals surface area contributed by atoms with E-state index in [1.165, 1.54) is 6.07 Å². The minimum absolute atomic E-state index is 0.0747. The predicted molar refractivity (Wildman–Crippen MR) is 67.5 cm³/mol. The Balaban J connectivity index is 3.11. The molecule has 0 atom stereocenters. The highest BCUT2D eigenvalue weighted by Gasteiger charge is 2.33. The topological polar surface area (TPSA) is 60.2 Å². The zero-order chi connectivity index (χ0) is 14.6. The van der Waals surface area contributed by atoms with Gasteiger partial charge in [-0.3, -0.25) is 14.9 Å². The normalized spacial score (nSPS) is 11.4. The molecular formula is C10H7BrF3NO3S. The Hall–Kier alpha value is -1.09. The maximum absolute atomic E-state index is 12.3. The molecule has 0 aliphatic carbocycles. The number of hydrogen-bond donors (Lipinski definition) is 0. The second kappa shape index (κ2) is 6.38. The van der Waals surface area contributed by atoms with Crippen LogP contribution in [0.25, 0.3) is 0 Å². The molecule has 9 heteroatoms. The number of rotatable bonds is 5. The van der Waals surface area contributed by atoms with Gasteiger partial charge in [0.25, 0.3) is 5.69 Å². The maximum Gasteiger partial charge on any atom is 0.446 e. The summed E-state index contributed by atoms with van der Waals surface area (Å²) < 4.78 is 36.9. The van der Waals surface area contributed by atoms with Gasteiger partial charge in [0.05, 0.1) is 15.1 Å². The van der Waals surface area contributed by atoms with E-state index in [4.69, 9.17) is 0 Å². The second-order valence-corrected chi connectivity index (χ2v) is 5.12. The lowest BCUT2D eigenvalue weighted by molar-refractivity contribution is -0.387. The van der Waals surface area contributed by atoms with Crippen LogP contribution in [0.3, 0.4) is 0 Å². The molecule has 0 unspecified atom stereocenters. The third-order valence-electron chi connectivity index (χ3n) is 2.00. The molecule has 1 rings (SSSR count). The van der Waals surface area contributed by atoms with Gasteiger partial charge in [-0.05, 0) is 23.4 Å². The standard InChI is InChI=1S/C10H7BrF3NO3S/c11-5-7(16)3-6-1-2-8(15(17)18)9(4-6)19-10(12,13)14/h1-2,4H,3,5H2. The van der Waals surface area contributed by atoms with Crippen LogP contribution in [0.1, 0.15) is 5.56 Å². The summed E-state index contributed by atoms with van der Waals surface area (Å²) in [5.74, 6) is -0.225. The Bertz CT molecular complexity index is 507. The molecule has 1 aromatic rings. The molecule has 0 spiro atoms. The number of hydrogen-bond acceptors (Lipinski definition) is 4. The molecule has 0 radical (unpaired) electrons. The minimum atomic E-state index is -4.62. The SMILES string of the molecule is O=C(CBr)Cc1ccc([N+](=O)[O-])c(SC(F)(F)F)c1. The summed E-state index contributed by atoms with van der Waals surface area (Å²) in [4.78, 5) is 20.4. The summed E-state index contributed by atoms with van der Waals surface area (Å²) in [6.45, 7) is 0. The van der Waals surface area contributed by atoms with Crippen molar-refractivity contribution in [2.24, 2.45) is 0 Å². The van der Waals surface area contributed by atoms with Crippen molar-refractivity contribution in [3.05, 3.63) is 33.9 Å². The summed E-state index contributed by atoms with van der Waals surface area (Å²) in [7, 11) is 0. The van der Waals surface area contributed by atoms with Crippen LogP contribution in [0.5, 0.6) is 0 Å². The number of halogens is 4. The smallest absolute Gasteiger partial charge is 0.298 e. The number of benzene rings is 1. The molecule has 0 bridgehead atoms. The van der Waals surface area contributed by atoms with Gasteiger partial charge in [0.15, 0.2) is 0 Å². The van der Waals surface area contributed by atoms with E-state index in [1.807, 2.05) is 0 Å². The van der Waals surface area contributed by atoms with Gasteiger partial charge in [-0.2, -0.15) is 13.2 Å². The average Bonchev–Trinajstić information content (AvgIpc) is 2.26. The fraction of sp³-hybridized carbons (Fsp3) is 0.300. The molecule has 0 heterocycles. The largest absolute Gasteiger partial charge is 0.446 e. The van der Waals surface area contributed by atoms with Crippen LogP contribution in [-0.4, -0.2) is 21.5 Å². The van der Waals surface area contributed by atoms with Crippen molar-refractivity contribution >= 4 is 39.2 Å². The monoisotopic (exact) mass is 357 g/mol. The fourth-order valence-corrected chi connectivity index (χ4v) is 2.21. The van der Waals surface area contributed by atoms with Gasteiger partial charge in [-0.25, -0.2) is 0 Å². The molecule has 0 saturated heterocycles. The molecule has 104 valence electrons. The average molecular weight is 358 g/mol. The van der Waals surface area contributed by atoms with Crippen molar-refractivity contribution in [1.29, 1.82) is 0 Å². The molecule has 19 heavy (non-hydrogen) atoms. The Morgan fingerprint density at radius 3 is 2.53 bits per heavy atom.